The van der Waals surface area contributed by atoms with Gasteiger partial charge in [-0.05, 0) is 38.4 Å². The molecular weight excluding hydrogens is 348 g/mol. The van der Waals surface area contributed by atoms with Crippen LogP contribution in [0.3, 0.4) is 0 Å². The average Bonchev–Trinajstić information content (AvgIpc) is 2.67. The van der Waals surface area contributed by atoms with Crippen molar-refractivity contribution in [1.82, 2.24) is 25.4 Å². The summed E-state index contributed by atoms with van der Waals surface area (Å²) in [4.78, 5) is 13.9. The van der Waals surface area contributed by atoms with Crippen LogP contribution in [-0.4, -0.2) is 79.1 Å². The summed E-state index contributed by atoms with van der Waals surface area (Å²) < 4.78 is 0. The molecule has 2 N–H and O–H groups in total. The molecular formula is C19H33ClN6. The fourth-order valence-corrected chi connectivity index (χ4v) is 3.19. The molecule has 1 aliphatic rings. The first-order chi connectivity index (χ1) is 12.6. The smallest absolute Gasteiger partial charge is 0.191 e. The Morgan fingerprint density at radius 3 is 2.62 bits per heavy atom. The molecule has 26 heavy (non-hydrogen) atoms. The molecule has 0 spiro atoms. The highest BCUT2D eigenvalue weighted by atomic mass is 35.5. The van der Waals surface area contributed by atoms with Crippen molar-refractivity contribution >= 4 is 17.6 Å². The van der Waals surface area contributed by atoms with E-state index in [0.717, 1.165) is 64.7 Å². The van der Waals surface area contributed by atoms with Crippen LogP contribution in [0, 0.1) is 0 Å². The first-order valence-electron chi connectivity index (χ1n) is 9.71. The number of hydrogen-bond acceptors (Lipinski definition) is 4. The molecule has 1 unspecified atom stereocenters. The third kappa shape index (κ3) is 7.09. The Bertz CT molecular complexity index is 539. The predicted octanol–water partition coefficient (Wildman–Crippen LogP) is 1.86. The molecule has 1 aromatic rings. The summed E-state index contributed by atoms with van der Waals surface area (Å²) in [5, 5.41) is 7.27. The standard InChI is InChI=1S/C19H33ClN6/c1-4-21-19(22-9-8-17-6-7-18(20)23-15-17)24-14-16(3)26-12-10-25(5-2)11-13-26/h6-7,15-16H,4-5,8-14H2,1-3H3,(H2,21,22,24). The fraction of sp³-hybridized carbons (Fsp3) is 0.684. The lowest BCUT2D eigenvalue weighted by molar-refractivity contribution is 0.109. The van der Waals surface area contributed by atoms with E-state index in [1.165, 1.54) is 5.56 Å². The molecule has 1 aliphatic heterocycles. The Labute approximate surface area is 163 Å². The maximum atomic E-state index is 5.83. The van der Waals surface area contributed by atoms with Crippen molar-refractivity contribution in [3.63, 3.8) is 0 Å². The van der Waals surface area contributed by atoms with Crippen LogP contribution in [0.4, 0.5) is 0 Å². The van der Waals surface area contributed by atoms with Crippen molar-refractivity contribution in [2.75, 3.05) is 52.4 Å². The molecule has 1 fully saturated rings. The third-order valence-electron chi connectivity index (χ3n) is 4.83. The fourth-order valence-electron chi connectivity index (χ4n) is 3.08. The zero-order valence-electron chi connectivity index (χ0n) is 16.3. The van der Waals surface area contributed by atoms with Crippen molar-refractivity contribution in [2.24, 2.45) is 4.99 Å². The lowest BCUT2D eigenvalue weighted by atomic mass is 10.2. The molecule has 2 heterocycles. The van der Waals surface area contributed by atoms with Gasteiger partial charge in [-0.25, -0.2) is 4.98 Å². The molecule has 0 saturated carbocycles. The second kappa shape index (κ2) is 11.4. The van der Waals surface area contributed by atoms with Gasteiger partial charge in [-0.1, -0.05) is 24.6 Å². The van der Waals surface area contributed by atoms with Gasteiger partial charge in [0.25, 0.3) is 0 Å². The number of aliphatic imine (C=N–C) groups is 1. The van der Waals surface area contributed by atoms with Crippen molar-refractivity contribution in [1.29, 1.82) is 0 Å². The zero-order valence-corrected chi connectivity index (χ0v) is 17.1. The van der Waals surface area contributed by atoms with Gasteiger partial charge in [-0.2, -0.15) is 0 Å². The minimum Gasteiger partial charge on any atom is -0.357 e. The normalized spacial score (nSPS) is 17.9. The maximum Gasteiger partial charge on any atom is 0.191 e. The first kappa shape index (κ1) is 20.9. The number of piperazine rings is 1. The van der Waals surface area contributed by atoms with E-state index < -0.39 is 0 Å². The van der Waals surface area contributed by atoms with Gasteiger partial charge in [0.15, 0.2) is 5.96 Å². The lowest BCUT2D eigenvalue weighted by Gasteiger charge is -2.37. The summed E-state index contributed by atoms with van der Waals surface area (Å²) in [5.41, 5.74) is 1.17. The van der Waals surface area contributed by atoms with Gasteiger partial charge in [0.05, 0.1) is 6.54 Å². The number of likely N-dealkylation sites (N-methyl/N-ethyl adjacent to an activating group) is 1. The molecule has 1 saturated heterocycles. The summed E-state index contributed by atoms with van der Waals surface area (Å²) in [7, 11) is 0. The van der Waals surface area contributed by atoms with E-state index in [4.69, 9.17) is 16.6 Å². The summed E-state index contributed by atoms with van der Waals surface area (Å²) in [6.07, 6.45) is 2.72. The molecule has 0 aromatic carbocycles. The Hall–Kier alpha value is -1.37. The minimum atomic E-state index is 0.463. The Morgan fingerprint density at radius 2 is 2.00 bits per heavy atom. The van der Waals surface area contributed by atoms with E-state index in [2.05, 4.69) is 46.2 Å². The van der Waals surface area contributed by atoms with Crippen molar-refractivity contribution < 1.29 is 0 Å². The second-order valence-corrected chi connectivity index (χ2v) is 7.09. The summed E-state index contributed by atoms with van der Waals surface area (Å²) >= 11 is 5.83. The minimum absolute atomic E-state index is 0.463. The predicted molar refractivity (Wildman–Crippen MR) is 110 cm³/mol. The molecule has 0 bridgehead atoms. The summed E-state index contributed by atoms with van der Waals surface area (Å²) in [6.45, 7) is 14.8. The van der Waals surface area contributed by atoms with Crippen LogP contribution >= 0.6 is 11.6 Å². The first-order valence-corrected chi connectivity index (χ1v) is 10.1. The van der Waals surface area contributed by atoms with Crippen molar-refractivity contribution in [3.05, 3.63) is 29.0 Å². The number of nitrogens with one attached hydrogen (secondary N) is 2. The van der Waals surface area contributed by atoms with E-state index in [0.29, 0.717) is 11.2 Å². The Kier molecular flexibility index (Phi) is 9.15. The molecule has 6 nitrogen and oxygen atoms in total. The summed E-state index contributed by atoms with van der Waals surface area (Å²) in [6, 6.07) is 4.31. The van der Waals surface area contributed by atoms with Crippen LogP contribution in [0.2, 0.25) is 5.15 Å². The highest BCUT2D eigenvalue weighted by molar-refractivity contribution is 6.29. The van der Waals surface area contributed by atoms with Gasteiger partial charge in [-0.3, -0.25) is 9.89 Å². The van der Waals surface area contributed by atoms with Gasteiger partial charge in [0.1, 0.15) is 5.15 Å². The maximum absolute atomic E-state index is 5.83. The molecule has 7 heteroatoms. The second-order valence-electron chi connectivity index (χ2n) is 6.70. The monoisotopic (exact) mass is 380 g/mol. The van der Waals surface area contributed by atoms with Crippen LogP contribution in [0.25, 0.3) is 0 Å². The van der Waals surface area contributed by atoms with Gasteiger partial charge in [-0.15, -0.1) is 0 Å². The van der Waals surface area contributed by atoms with Crippen LogP contribution in [0.1, 0.15) is 26.3 Å². The number of nitrogens with zero attached hydrogens (tertiary/aromatic N) is 4. The Balaban J connectivity index is 1.77. The summed E-state index contributed by atoms with van der Waals surface area (Å²) in [5.74, 6) is 0.883. The molecule has 0 amide bonds. The molecule has 1 atom stereocenters. The quantitative estimate of drug-likeness (QED) is 0.409. The van der Waals surface area contributed by atoms with Gasteiger partial charge in [0, 0.05) is 51.5 Å². The molecule has 2 rings (SSSR count). The van der Waals surface area contributed by atoms with E-state index >= 15 is 0 Å². The average molecular weight is 381 g/mol. The number of hydrogen-bond donors (Lipinski definition) is 2. The van der Waals surface area contributed by atoms with Crippen LogP contribution in [0.15, 0.2) is 23.3 Å². The highest BCUT2D eigenvalue weighted by Crippen LogP contribution is 2.07. The van der Waals surface area contributed by atoms with E-state index in [1.54, 1.807) is 0 Å². The van der Waals surface area contributed by atoms with Gasteiger partial charge >= 0.3 is 0 Å². The van der Waals surface area contributed by atoms with Gasteiger partial charge < -0.3 is 15.5 Å². The van der Waals surface area contributed by atoms with E-state index in [-0.39, 0.29) is 0 Å². The lowest BCUT2D eigenvalue weighted by Crippen LogP contribution is -2.50. The number of halogens is 1. The van der Waals surface area contributed by atoms with E-state index in [9.17, 15) is 0 Å². The zero-order chi connectivity index (χ0) is 18.8. The van der Waals surface area contributed by atoms with Crippen LogP contribution in [0.5, 0.6) is 0 Å². The van der Waals surface area contributed by atoms with Crippen LogP contribution in [-0.2, 0) is 6.42 Å². The van der Waals surface area contributed by atoms with E-state index in [1.807, 2.05) is 18.3 Å². The number of pyridine rings is 1. The van der Waals surface area contributed by atoms with Crippen molar-refractivity contribution in [3.8, 4) is 0 Å². The topological polar surface area (TPSA) is 55.8 Å². The largest absolute Gasteiger partial charge is 0.357 e. The SMILES string of the molecule is CCNC(=NCC(C)N1CCN(CC)CC1)NCCc1ccc(Cl)nc1. The highest BCUT2D eigenvalue weighted by Gasteiger charge is 2.19. The molecule has 1 aromatic heterocycles. The molecule has 0 aliphatic carbocycles. The van der Waals surface area contributed by atoms with Gasteiger partial charge in [0.2, 0.25) is 0 Å². The molecule has 146 valence electrons. The van der Waals surface area contributed by atoms with Crippen molar-refractivity contribution in [2.45, 2.75) is 33.2 Å². The third-order valence-corrected chi connectivity index (χ3v) is 5.05. The molecule has 0 radical (unpaired) electrons. The van der Waals surface area contributed by atoms with Crippen LogP contribution < -0.4 is 10.6 Å². The number of rotatable bonds is 8. The Morgan fingerprint density at radius 1 is 1.23 bits per heavy atom. The number of guanidine groups is 1. The number of aromatic nitrogens is 1.